The summed E-state index contributed by atoms with van der Waals surface area (Å²) in [5.74, 6) is 0.952. The van der Waals surface area contributed by atoms with Crippen LogP contribution in [0.1, 0.15) is 12.8 Å². The minimum absolute atomic E-state index is 0.461. The Morgan fingerprint density at radius 3 is 2.92 bits per heavy atom. The van der Waals surface area contributed by atoms with Crippen LogP contribution in [-0.4, -0.2) is 51.1 Å². The molecule has 1 aliphatic heterocycles. The van der Waals surface area contributed by atoms with Gasteiger partial charge in [-0.1, -0.05) is 6.07 Å². The summed E-state index contributed by atoms with van der Waals surface area (Å²) in [7, 11) is 2.11. The van der Waals surface area contributed by atoms with Gasteiger partial charge in [-0.15, -0.1) is 5.10 Å². The fourth-order valence-corrected chi connectivity index (χ4v) is 3.61. The summed E-state index contributed by atoms with van der Waals surface area (Å²) in [4.78, 5) is 6.77. The van der Waals surface area contributed by atoms with E-state index in [-0.39, 0.29) is 0 Å². The predicted molar refractivity (Wildman–Crippen MR) is 100 cm³/mol. The van der Waals surface area contributed by atoms with Crippen LogP contribution in [0.4, 0.5) is 5.82 Å². The average molecular weight is 348 g/mol. The molecular weight excluding hydrogens is 328 g/mol. The molecule has 1 N–H and O–H groups in total. The van der Waals surface area contributed by atoms with Crippen LogP contribution in [0, 0.1) is 0 Å². The van der Waals surface area contributed by atoms with Gasteiger partial charge in [0.05, 0.1) is 23.6 Å². The number of aromatic nitrogens is 5. The minimum atomic E-state index is 0.461. The van der Waals surface area contributed by atoms with Gasteiger partial charge in [-0.25, -0.2) is 9.50 Å². The maximum Gasteiger partial charge on any atom is 0.154 e. The number of nitrogens with zero attached hydrogens (tertiary/aromatic N) is 5. The van der Waals surface area contributed by atoms with Crippen molar-refractivity contribution in [3.05, 3.63) is 42.7 Å². The van der Waals surface area contributed by atoms with E-state index in [1.807, 2.05) is 35.1 Å². The van der Waals surface area contributed by atoms with E-state index in [9.17, 15) is 0 Å². The van der Waals surface area contributed by atoms with Crippen LogP contribution >= 0.6 is 0 Å². The summed E-state index contributed by atoms with van der Waals surface area (Å²) in [5.41, 5.74) is 3.92. The van der Waals surface area contributed by atoms with Crippen LogP contribution in [0.3, 0.4) is 0 Å². The Morgan fingerprint density at radius 1 is 1.15 bits per heavy atom. The van der Waals surface area contributed by atoms with Crippen molar-refractivity contribution < 1.29 is 4.74 Å². The third-order valence-electron chi connectivity index (χ3n) is 5.18. The van der Waals surface area contributed by atoms with Gasteiger partial charge in [0.15, 0.2) is 5.65 Å². The molecule has 0 aliphatic carbocycles. The van der Waals surface area contributed by atoms with Gasteiger partial charge in [-0.3, -0.25) is 5.10 Å². The van der Waals surface area contributed by atoms with E-state index in [0.717, 1.165) is 59.7 Å². The topological polar surface area (TPSA) is 71.3 Å². The Morgan fingerprint density at radius 2 is 2.04 bits per heavy atom. The van der Waals surface area contributed by atoms with Crippen molar-refractivity contribution in [3.8, 4) is 11.3 Å². The van der Waals surface area contributed by atoms with E-state index in [1.54, 1.807) is 0 Å². The van der Waals surface area contributed by atoms with Gasteiger partial charge in [0.25, 0.3) is 0 Å². The number of ether oxygens (including phenoxy) is 1. The zero-order valence-corrected chi connectivity index (χ0v) is 14.6. The molecule has 0 bridgehead atoms. The summed E-state index contributed by atoms with van der Waals surface area (Å²) in [6, 6.07) is 10.7. The van der Waals surface area contributed by atoms with Crippen molar-refractivity contribution in [2.45, 2.75) is 18.9 Å². The highest BCUT2D eigenvalue weighted by molar-refractivity contribution is 5.83. The minimum Gasteiger partial charge on any atom is -0.381 e. The Hall–Kier alpha value is -2.93. The molecule has 7 heteroatoms. The second kappa shape index (κ2) is 6.10. The normalized spacial score (nSPS) is 15.7. The molecule has 1 fully saturated rings. The third-order valence-corrected chi connectivity index (χ3v) is 5.18. The van der Waals surface area contributed by atoms with E-state index < -0.39 is 0 Å². The van der Waals surface area contributed by atoms with Crippen LogP contribution in [0.25, 0.3) is 27.8 Å². The lowest BCUT2D eigenvalue weighted by Gasteiger charge is -2.31. The van der Waals surface area contributed by atoms with Gasteiger partial charge in [-0.2, -0.15) is 5.10 Å². The molecule has 0 saturated carbocycles. The molecule has 1 saturated heterocycles. The fourth-order valence-electron chi connectivity index (χ4n) is 3.61. The Labute approximate surface area is 150 Å². The summed E-state index contributed by atoms with van der Waals surface area (Å²) in [5, 5.41) is 13.0. The van der Waals surface area contributed by atoms with E-state index in [2.05, 4.69) is 39.3 Å². The second-order valence-electron chi connectivity index (χ2n) is 6.73. The number of hydrogen-bond donors (Lipinski definition) is 1. The fraction of sp³-hybridized carbons (Fsp3) is 0.316. The number of H-pyrrole nitrogens is 1. The Kier molecular flexibility index (Phi) is 3.60. The quantitative estimate of drug-likeness (QED) is 0.616. The van der Waals surface area contributed by atoms with Crippen LogP contribution in [0.5, 0.6) is 0 Å². The lowest BCUT2D eigenvalue weighted by molar-refractivity contribution is 0.0853. The average Bonchev–Trinajstić information content (AvgIpc) is 3.33. The van der Waals surface area contributed by atoms with Crippen LogP contribution in [-0.2, 0) is 4.74 Å². The highest BCUT2D eigenvalue weighted by Gasteiger charge is 2.20. The number of aromatic amines is 1. The smallest absolute Gasteiger partial charge is 0.154 e. The summed E-state index contributed by atoms with van der Waals surface area (Å²) < 4.78 is 7.40. The van der Waals surface area contributed by atoms with Gasteiger partial charge >= 0.3 is 0 Å². The van der Waals surface area contributed by atoms with Crippen molar-refractivity contribution in [2.24, 2.45) is 0 Å². The lowest BCUT2D eigenvalue weighted by Crippen LogP contribution is -2.37. The maximum absolute atomic E-state index is 5.48. The molecule has 0 unspecified atom stereocenters. The molecule has 4 aromatic rings. The first-order valence-electron chi connectivity index (χ1n) is 8.88. The largest absolute Gasteiger partial charge is 0.381 e. The van der Waals surface area contributed by atoms with Gasteiger partial charge < -0.3 is 9.64 Å². The number of anilines is 1. The molecule has 0 atom stereocenters. The van der Waals surface area contributed by atoms with Gasteiger partial charge in [0.2, 0.25) is 0 Å². The monoisotopic (exact) mass is 348 g/mol. The highest BCUT2D eigenvalue weighted by atomic mass is 16.5. The molecule has 7 nitrogen and oxygen atoms in total. The molecule has 0 radical (unpaired) electrons. The Bertz CT molecular complexity index is 1060. The summed E-state index contributed by atoms with van der Waals surface area (Å²) in [6.07, 6.45) is 5.77. The zero-order chi connectivity index (χ0) is 17.5. The van der Waals surface area contributed by atoms with Gasteiger partial charge in [0, 0.05) is 37.3 Å². The molecule has 4 heterocycles. The van der Waals surface area contributed by atoms with E-state index in [4.69, 9.17) is 9.84 Å². The first kappa shape index (κ1) is 15.3. The molecule has 5 rings (SSSR count). The van der Waals surface area contributed by atoms with Crippen molar-refractivity contribution >= 4 is 22.4 Å². The number of benzene rings is 1. The number of hydrogen-bond acceptors (Lipinski definition) is 5. The summed E-state index contributed by atoms with van der Waals surface area (Å²) in [6.45, 7) is 1.64. The standard InChI is InChI=1S/C19H20N6O/c1-24(15-6-8-26-9-7-15)19-5-4-18-20-12-17(25(18)23-19)13-2-3-16-14(10-13)11-21-22-16/h2-5,10-12,15H,6-9H2,1H3,(H,21,22). The van der Waals surface area contributed by atoms with Crippen molar-refractivity contribution in [2.75, 3.05) is 25.2 Å². The van der Waals surface area contributed by atoms with E-state index in [0.29, 0.717) is 6.04 Å². The molecule has 3 aromatic heterocycles. The lowest BCUT2D eigenvalue weighted by atomic mass is 10.1. The molecule has 0 amide bonds. The molecule has 132 valence electrons. The number of rotatable bonds is 3. The third kappa shape index (κ3) is 2.52. The highest BCUT2D eigenvalue weighted by Crippen LogP contribution is 2.26. The maximum atomic E-state index is 5.48. The summed E-state index contributed by atoms with van der Waals surface area (Å²) >= 11 is 0. The Balaban J connectivity index is 1.56. The van der Waals surface area contributed by atoms with Crippen molar-refractivity contribution in [1.29, 1.82) is 0 Å². The van der Waals surface area contributed by atoms with E-state index >= 15 is 0 Å². The molecular formula is C19H20N6O. The number of imidazole rings is 1. The predicted octanol–water partition coefficient (Wildman–Crippen LogP) is 2.89. The van der Waals surface area contributed by atoms with Gasteiger partial charge in [-0.05, 0) is 37.1 Å². The molecule has 26 heavy (non-hydrogen) atoms. The molecule has 1 aliphatic rings. The first-order valence-corrected chi connectivity index (χ1v) is 8.88. The number of nitrogens with one attached hydrogen (secondary N) is 1. The SMILES string of the molecule is CN(c1ccc2ncc(-c3ccc4[nH]ncc4c3)n2n1)C1CCOCC1. The first-order chi connectivity index (χ1) is 12.8. The molecule has 0 spiro atoms. The van der Waals surface area contributed by atoms with E-state index in [1.165, 1.54) is 0 Å². The van der Waals surface area contributed by atoms with Crippen LogP contribution in [0.2, 0.25) is 0 Å². The number of fused-ring (bicyclic) bond motifs is 2. The zero-order valence-electron chi connectivity index (χ0n) is 14.6. The van der Waals surface area contributed by atoms with Gasteiger partial charge in [0.1, 0.15) is 5.82 Å². The van der Waals surface area contributed by atoms with Crippen molar-refractivity contribution in [3.63, 3.8) is 0 Å². The van der Waals surface area contributed by atoms with Crippen molar-refractivity contribution in [1.82, 2.24) is 24.8 Å². The van der Waals surface area contributed by atoms with Crippen LogP contribution < -0.4 is 4.90 Å². The van der Waals surface area contributed by atoms with Crippen LogP contribution in [0.15, 0.2) is 42.7 Å². The second-order valence-corrected chi connectivity index (χ2v) is 6.73. The molecule has 1 aromatic carbocycles.